The van der Waals surface area contributed by atoms with Gasteiger partial charge < -0.3 is 14.9 Å². The van der Waals surface area contributed by atoms with Gasteiger partial charge in [-0.2, -0.15) is 0 Å². The summed E-state index contributed by atoms with van der Waals surface area (Å²) in [7, 11) is 0. The van der Waals surface area contributed by atoms with Gasteiger partial charge >= 0.3 is 0 Å². The van der Waals surface area contributed by atoms with Crippen LogP contribution in [-0.2, 0) is 4.74 Å². The molecule has 0 fully saturated rings. The second-order valence-corrected chi connectivity index (χ2v) is 7.70. The molecular weight excluding hydrogens is 288 g/mol. The van der Waals surface area contributed by atoms with Crippen LogP contribution in [0, 0.1) is 5.92 Å². The third kappa shape index (κ3) is 5.30. The number of ether oxygens (including phenoxy) is 1. The number of aliphatic hydroxyl groups is 2. The summed E-state index contributed by atoms with van der Waals surface area (Å²) in [6, 6.07) is 0. The Morgan fingerprint density at radius 3 is 2.61 bits per heavy atom. The summed E-state index contributed by atoms with van der Waals surface area (Å²) < 4.78 is 5.89. The minimum absolute atomic E-state index is 0.146. The minimum Gasteiger partial charge on any atom is -0.389 e. The van der Waals surface area contributed by atoms with Crippen LogP contribution in [0.1, 0.15) is 59.3 Å². The number of hydrogen-bond acceptors (Lipinski definition) is 3. The molecule has 2 rings (SSSR count). The van der Waals surface area contributed by atoms with Crippen molar-refractivity contribution in [3.05, 3.63) is 35.5 Å². The lowest BCUT2D eigenvalue weighted by atomic mass is 9.82. The summed E-state index contributed by atoms with van der Waals surface area (Å²) >= 11 is 0. The predicted molar refractivity (Wildman–Crippen MR) is 94.2 cm³/mol. The van der Waals surface area contributed by atoms with Crippen molar-refractivity contribution in [2.24, 2.45) is 5.92 Å². The van der Waals surface area contributed by atoms with Crippen LogP contribution >= 0.6 is 0 Å². The fourth-order valence-corrected chi connectivity index (χ4v) is 3.42. The van der Waals surface area contributed by atoms with Gasteiger partial charge in [0.25, 0.3) is 0 Å². The molecule has 0 spiro atoms. The minimum atomic E-state index is -0.814. The Balaban J connectivity index is 2.09. The van der Waals surface area contributed by atoms with Gasteiger partial charge in [0.15, 0.2) is 0 Å². The molecule has 3 heteroatoms. The zero-order valence-corrected chi connectivity index (χ0v) is 14.8. The molecule has 0 aromatic rings. The highest BCUT2D eigenvalue weighted by Gasteiger charge is 2.31. The lowest BCUT2D eigenvalue weighted by molar-refractivity contribution is -0.0868. The average molecular weight is 320 g/mol. The van der Waals surface area contributed by atoms with E-state index in [1.807, 2.05) is 0 Å². The maximum absolute atomic E-state index is 10.4. The van der Waals surface area contributed by atoms with Crippen molar-refractivity contribution in [2.75, 3.05) is 6.61 Å². The van der Waals surface area contributed by atoms with Crippen molar-refractivity contribution in [3.8, 4) is 0 Å². The van der Waals surface area contributed by atoms with Gasteiger partial charge in [0.1, 0.15) is 0 Å². The van der Waals surface area contributed by atoms with Crippen LogP contribution < -0.4 is 0 Å². The van der Waals surface area contributed by atoms with E-state index in [4.69, 9.17) is 4.74 Å². The van der Waals surface area contributed by atoms with E-state index < -0.39 is 11.7 Å². The summed E-state index contributed by atoms with van der Waals surface area (Å²) in [6.07, 6.45) is 9.33. The molecular formula is C20H32O3. The fraction of sp³-hybridized carbons (Fsp3) is 0.700. The van der Waals surface area contributed by atoms with E-state index in [0.29, 0.717) is 12.5 Å². The molecule has 23 heavy (non-hydrogen) atoms. The van der Waals surface area contributed by atoms with E-state index in [1.165, 1.54) is 11.1 Å². The van der Waals surface area contributed by atoms with Gasteiger partial charge in [-0.05, 0) is 76.4 Å². The molecule has 0 aromatic heterocycles. The van der Waals surface area contributed by atoms with Crippen LogP contribution in [0.5, 0.6) is 0 Å². The SMILES string of the molecule is C=C1CC/C=C(\C)CC[C@@H](C2=CC[C@H](C(C)(C)O)OC2)C[C@H]1O. The number of hydrogen-bond donors (Lipinski definition) is 2. The van der Waals surface area contributed by atoms with E-state index in [0.717, 1.165) is 44.1 Å². The smallest absolute Gasteiger partial charge is 0.0895 e. The second kappa shape index (κ2) is 7.78. The van der Waals surface area contributed by atoms with Gasteiger partial charge in [0.2, 0.25) is 0 Å². The molecule has 0 aromatic carbocycles. The lowest BCUT2D eigenvalue weighted by Gasteiger charge is -2.34. The van der Waals surface area contributed by atoms with Crippen molar-refractivity contribution in [3.63, 3.8) is 0 Å². The molecule has 1 heterocycles. The normalized spacial score (nSPS) is 33.6. The fourth-order valence-electron chi connectivity index (χ4n) is 3.42. The first-order chi connectivity index (χ1) is 10.8. The molecule has 2 N–H and O–H groups in total. The van der Waals surface area contributed by atoms with Crippen molar-refractivity contribution in [2.45, 2.75) is 77.1 Å². The molecule has 1 aliphatic carbocycles. The average Bonchev–Trinajstić information content (AvgIpc) is 2.49. The number of allylic oxidation sites excluding steroid dienone is 2. The van der Waals surface area contributed by atoms with Crippen LogP contribution in [0.15, 0.2) is 35.5 Å². The van der Waals surface area contributed by atoms with Crippen LogP contribution in [0.3, 0.4) is 0 Å². The molecule has 0 bridgehead atoms. The van der Waals surface area contributed by atoms with Gasteiger partial charge in [-0.15, -0.1) is 0 Å². The molecule has 3 atom stereocenters. The molecule has 0 saturated carbocycles. The Labute approximate surface area is 140 Å². The summed E-state index contributed by atoms with van der Waals surface area (Å²) in [4.78, 5) is 0. The molecule has 130 valence electrons. The largest absolute Gasteiger partial charge is 0.389 e. The van der Waals surface area contributed by atoms with Crippen molar-refractivity contribution >= 4 is 0 Å². The van der Waals surface area contributed by atoms with E-state index in [9.17, 15) is 10.2 Å². The van der Waals surface area contributed by atoms with E-state index in [2.05, 4.69) is 25.7 Å². The van der Waals surface area contributed by atoms with Crippen LogP contribution in [0.4, 0.5) is 0 Å². The van der Waals surface area contributed by atoms with Gasteiger partial charge in [0, 0.05) is 0 Å². The van der Waals surface area contributed by atoms with Gasteiger partial charge in [-0.25, -0.2) is 0 Å². The molecule has 0 saturated heterocycles. The molecule has 1 aliphatic heterocycles. The third-order valence-corrected chi connectivity index (χ3v) is 5.18. The highest BCUT2D eigenvalue weighted by atomic mass is 16.5. The maximum atomic E-state index is 10.4. The first-order valence-electron chi connectivity index (χ1n) is 8.81. The Bertz CT molecular complexity index is 482. The molecule has 3 nitrogen and oxygen atoms in total. The standard InChI is InChI=1S/C20H32O3/c1-14-6-5-7-15(2)18(21)12-16(9-8-14)17-10-11-19(23-13-17)20(3,4)22/h6,10,16,18-19,21-22H,2,5,7-9,11-13H2,1,3-4H3/b14-6+/t16-,18-,19-/m1/s1. The zero-order chi connectivity index (χ0) is 17.0. The monoisotopic (exact) mass is 320 g/mol. The van der Waals surface area contributed by atoms with Crippen LogP contribution in [0.25, 0.3) is 0 Å². The number of aliphatic hydroxyl groups excluding tert-OH is 1. The summed E-state index contributed by atoms with van der Waals surface area (Å²) in [5.41, 5.74) is 2.81. The maximum Gasteiger partial charge on any atom is 0.0895 e. The van der Waals surface area contributed by atoms with Crippen LogP contribution in [-0.4, -0.2) is 34.6 Å². The summed E-state index contributed by atoms with van der Waals surface area (Å²) in [6.45, 7) is 10.4. The van der Waals surface area contributed by atoms with Crippen molar-refractivity contribution in [1.29, 1.82) is 0 Å². The Morgan fingerprint density at radius 2 is 2.00 bits per heavy atom. The Kier molecular flexibility index (Phi) is 6.24. The highest BCUT2D eigenvalue weighted by Crippen LogP contribution is 2.33. The van der Waals surface area contributed by atoms with Gasteiger partial charge in [-0.1, -0.05) is 24.3 Å². The van der Waals surface area contributed by atoms with Crippen molar-refractivity contribution in [1.82, 2.24) is 0 Å². The summed E-state index contributed by atoms with van der Waals surface area (Å²) in [5, 5.41) is 20.5. The summed E-state index contributed by atoms with van der Waals surface area (Å²) in [5.74, 6) is 0.325. The van der Waals surface area contributed by atoms with Crippen LogP contribution in [0.2, 0.25) is 0 Å². The molecule has 0 unspecified atom stereocenters. The quantitative estimate of drug-likeness (QED) is 0.758. The van der Waals surface area contributed by atoms with E-state index in [-0.39, 0.29) is 6.10 Å². The lowest BCUT2D eigenvalue weighted by Crippen LogP contribution is -2.40. The first kappa shape index (κ1) is 18.4. The van der Waals surface area contributed by atoms with Gasteiger partial charge in [-0.3, -0.25) is 0 Å². The predicted octanol–water partition coefficient (Wildman–Crippen LogP) is 3.92. The highest BCUT2D eigenvalue weighted by molar-refractivity contribution is 5.16. The molecule has 2 aliphatic rings. The topological polar surface area (TPSA) is 49.7 Å². The second-order valence-electron chi connectivity index (χ2n) is 7.70. The third-order valence-electron chi connectivity index (χ3n) is 5.18. The first-order valence-corrected chi connectivity index (χ1v) is 8.81. The Morgan fingerprint density at radius 1 is 1.26 bits per heavy atom. The molecule has 0 radical (unpaired) electrons. The number of rotatable bonds is 2. The Hall–Kier alpha value is -0.900. The van der Waals surface area contributed by atoms with E-state index in [1.54, 1.807) is 13.8 Å². The zero-order valence-electron chi connectivity index (χ0n) is 14.8. The van der Waals surface area contributed by atoms with Gasteiger partial charge in [0.05, 0.1) is 24.4 Å². The molecule has 0 amide bonds. The van der Waals surface area contributed by atoms with E-state index >= 15 is 0 Å². The van der Waals surface area contributed by atoms with Crippen molar-refractivity contribution < 1.29 is 14.9 Å².